The molecule has 6 heteroatoms. The van der Waals surface area contributed by atoms with Crippen LogP contribution in [0.3, 0.4) is 0 Å². The molecule has 0 unspecified atom stereocenters. The van der Waals surface area contributed by atoms with E-state index in [4.69, 9.17) is 5.73 Å². The molecule has 0 fully saturated rings. The fourth-order valence-corrected chi connectivity index (χ4v) is 2.07. The van der Waals surface area contributed by atoms with Crippen molar-refractivity contribution < 1.29 is 4.92 Å². The predicted molar refractivity (Wildman–Crippen MR) is 79.3 cm³/mol. The van der Waals surface area contributed by atoms with Gasteiger partial charge in [-0.3, -0.25) is 10.1 Å². The molecule has 20 heavy (non-hydrogen) atoms. The molecule has 0 radical (unpaired) electrons. The predicted octanol–water partition coefficient (Wildman–Crippen LogP) is 2.96. The van der Waals surface area contributed by atoms with Crippen molar-refractivity contribution in [3.8, 4) is 0 Å². The van der Waals surface area contributed by atoms with E-state index in [0.29, 0.717) is 5.82 Å². The van der Waals surface area contributed by atoms with Crippen molar-refractivity contribution in [1.82, 2.24) is 4.98 Å². The Morgan fingerprint density at radius 3 is 2.30 bits per heavy atom. The van der Waals surface area contributed by atoms with Crippen LogP contribution in [0.1, 0.15) is 11.1 Å². The van der Waals surface area contributed by atoms with Gasteiger partial charge in [0, 0.05) is 18.8 Å². The number of anilines is 3. The van der Waals surface area contributed by atoms with Gasteiger partial charge >= 0.3 is 5.69 Å². The molecule has 2 rings (SSSR count). The van der Waals surface area contributed by atoms with Gasteiger partial charge < -0.3 is 10.6 Å². The van der Waals surface area contributed by atoms with Crippen molar-refractivity contribution in [3.05, 3.63) is 51.6 Å². The van der Waals surface area contributed by atoms with Crippen LogP contribution in [0.4, 0.5) is 23.0 Å². The number of nitrogens with zero attached hydrogens (tertiary/aromatic N) is 3. The zero-order valence-corrected chi connectivity index (χ0v) is 11.6. The van der Waals surface area contributed by atoms with Crippen LogP contribution in [-0.4, -0.2) is 17.0 Å². The molecule has 0 saturated carbocycles. The Bertz CT molecular complexity index is 650. The molecular weight excluding hydrogens is 256 g/mol. The minimum absolute atomic E-state index is 0.0799. The van der Waals surface area contributed by atoms with Crippen molar-refractivity contribution in [2.75, 3.05) is 17.7 Å². The Kier molecular flexibility index (Phi) is 3.56. The van der Waals surface area contributed by atoms with Crippen LogP contribution in [0.5, 0.6) is 0 Å². The van der Waals surface area contributed by atoms with E-state index in [-0.39, 0.29) is 11.5 Å². The summed E-state index contributed by atoms with van der Waals surface area (Å²) in [5.41, 5.74) is 8.68. The lowest BCUT2D eigenvalue weighted by Gasteiger charge is -2.19. The molecule has 1 aromatic carbocycles. The monoisotopic (exact) mass is 272 g/mol. The van der Waals surface area contributed by atoms with E-state index in [0.717, 1.165) is 16.8 Å². The molecule has 6 nitrogen and oxygen atoms in total. The molecule has 0 spiro atoms. The van der Waals surface area contributed by atoms with E-state index in [1.54, 1.807) is 6.07 Å². The van der Waals surface area contributed by atoms with Crippen LogP contribution in [0.2, 0.25) is 0 Å². The quantitative estimate of drug-likeness (QED) is 0.685. The third-order valence-corrected chi connectivity index (χ3v) is 3.02. The second kappa shape index (κ2) is 5.16. The average molecular weight is 272 g/mol. The highest BCUT2D eigenvalue weighted by Crippen LogP contribution is 2.28. The highest BCUT2D eigenvalue weighted by atomic mass is 16.6. The molecule has 1 heterocycles. The van der Waals surface area contributed by atoms with Crippen molar-refractivity contribution >= 4 is 23.0 Å². The van der Waals surface area contributed by atoms with Gasteiger partial charge in [0.15, 0.2) is 0 Å². The minimum Gasteiger partial charge on any atom is -0.378 e. The molecule has 0 aliphatic heterocycles. The molecule has 2 aromatic rings. The first-order valence-corrected chi connectivity index (χ1v) is 6.11. The van der Waals surface area contributed by atoms with Gasteiger partial charge in [-0.1, -0.05) is 6.07 Å². The highest BCUT2D eigenvalue weighted by Gasteiger charge is 2.15. The van der Waals surface area contributed by atoms with Crippen molar-refractivity contribution in [1.29, 1.82) is 0 Å². The number of hydrogen-bond acceptors (Lipinski definition) is 5. The Morgan fingerprint density at radius 1 is 1.20 bits per heavy atom. The lowest BCUT2D eigenvalue weighted by atomic mass is 10.1. The first kappa shape index (κ1) is 13.8. The van der Waals surface area contributed by atoms with E-state index < -0.39 is 4.92 Å². The lowest BCUT2D eigenvalue weighted by Crippen LogP contribution is -2.13. The third-order valence-electron chi connectivity index (χ3n) is 3.02. The van der Waals surface area contributed by atoms with Gasteiger partial charge in [0.05, 0.1) is 4.92 Å². The maximum atomic E-state index is 10.7. The second-order valence-electron chi connectivity index (χ2n) is 4.74. The van der Waals surface area contributed by atoms with Gasteiger partial charge in [-0.15, -0.1) is 0 Å². The number of hydrogen-bond donors (Lipinski definition) is 1. The fourth-order valence-electron chi connectivity index (χ4n) is 2.07. The number of nitrogen functional groups attached to an aromatic ring is 1. The normalized spacial score (nSPS) is 10.3. The molecule has 0 aliphatic carbocycles. The van der Waals surface area contributed by atoms with Crippen LogP contribution < -0.4 is 10.6 Å². The van der Waals surface area contributed by atoms with E-state index in [2.05, 4.69) is 11.1 Å². The van der Waals surface area contributed by atoms with Crippen LogP contribution in [0.25, 0.3) is 0 Å². The van der Waals surface area contributed by atoms with Crippen molar-refractivity contribution in [3.63, 3.8) is 0 Å². The summed E-state index contributed by atoms with van der Waals surface area (Å²) in [6, 6.07) is 9.08. The number of aromatic nitrogens is 1. The van der Waals surface area contributed by atoms with Gasteiger partial charge in [-0.25, -0.2) is 4.98 Å². The summed E-state index contributed by atoms with van der Waals surface area (Å²) in [6.45, 7) is 4.03. The Morgan fingerprint density at radius 2 is 1.80 bits per heavy atom. The molecular formula is C14H16N4O2. The molecule has 0 atom stereocenters. The molecule has 0 bridgehead atoms. The zero-order valence-electron chi connectivity index (χ0n) is 11.6. The first-order chi connectivity index (χ1) is 9.38. The maximum absolute atomic E-state index is 10.7. The first-order valence-electron chi connectivity index (χ1n) is 6.11. The zero-order chi connectivity index (χ0) is 14.9. The van der Waals surface area contributed by atoms with Gasteiger partial charge in [0.2, 0.25) is 5.82 Å². The minimum atomic E-state index is -0.539. The largest absolute Gasteiger partial charge is 0.378 e. The van der Waals surface area contributed by atoms with Crippen molar-refractivity contribution in [2.45, 2.75) is 13.8 Å². The summed E-state index contributed by atoms with van der Waals surface area (Å²) in [4.78, 5) is 16.1. The Hall–Kier alpha value is -2.63. The number of benzene rings is 1. The summed E-state index contributed by atoms with van der Waals surface area (Å²) < 4.78 is 0. The summed E-state index contributed by atoms with van der Waals surface area (Å²) in [5.74, 6) is 0.488. The molecule has 0 saturated heterocycles. The van der Waals surface area contributed by atoms with Gasteiger partial charge in [0.1, 0.15) is 5.82 Å². The summed E-state index contributed by atoms with van der Waals surface area (Å²) in [7, 11) is 1.85. The number of pyridine rings is 1. The van der Waals surface area contributed by atoms with Crippen LogP contribution >= 0.6 is 0 Å². The third kappa shape index (κ3) is 2.69. The lowest BCUT2D eigenvalue weighted by molar-refractivity contribution is -0.384. The van der Waals surface area contributed by atoms with Crippen LogP contribution in [0, 0.1) is 24.0 Å². The number of nitrogens with two attached hydrogens (primary N) is 1. The number of nitro groups is 1. The topological polar surface area (TPSA) is 85.3 Å². The summed E-state index contributed by atoms with van der Waals surface area (Å²) in [5, 5.41) is 10.7. The molecule has 1 aromatic heterocycles. The van der Waals surface area contributed by atoms with E-state index >= 15 is 0 Å². The average Bonchev–Trinajstić information content (AvgIpc) is 2.36. The summed E-state index contributed by atoms with van der Waals surface area (Å²) >= 11 is 0. The second-order valence-corrected chi connectivity index (χ2v) is 4.74. The highest BCUT2D eigenvalue weighted by molar-refractivity contribution is 5.65. The molecule has 104 valence electrons. The molecule has 0 aliphatic rings. The van der Waals surface area contributed by atoms with Gasteiger partial charge in [-0.2, -0.15) is 0 Å². The van der Waals surface area contributed by atoms with Crippen LogP contribution in [-0.2, 0) is 0 Å². The van der Waals surface area contributed by atoms with Gasteiger partial charge in [0.25, 0.3) is 0 Å². The smallest absolute Gasteiger partial charge is 0.311 e. The standard InChI is InChI=1S/C14H16N4O2/c1-9-6-10(2)8-11(7-9)17(3)13-5-4-12(18(19)20)14(15)16-13/h4-8H,1-3H3,(H2,15,16). The number of aryl methyl sites for hydroxylation is 2. The van der Waals surface area contributed by atoms with Crippen LogP contribution in [0.15, 0.2) is 30.3 Å². The Labute approximate surface area is 117 Å². The van der Waals surface area contributed by atoms with E-state index in [9.17, 15) is 10.1 Å². The number of rotatable bonds is 3. The Balaban J connectivity index is 2.40. The summed E-state index contributed by atoms with van der Waals surface area (Å²) in [6.07, 6.45) is 0. The van der Waals surface area contributed by atoms with Crippen molar-refractivity contribution in [2.24, 2.45) is 0 Å². The maximum Gasteiger partial charge on any atom is 0.311 e. The van der Waals surface area contributed by atoms with E-state index in [1.807, 2.05) is 37.9 Å². The van der Waals surface area contributed by atoms with Gasteiger partial charge in [-0.05, 0) is 43.2 Å². The SMILES string of the molecule is Cc1cc(C)cc(N(C)c2ccc([N+](=O)[O-])c(N)n2)c1. The molecule has 2 N–H and O–H groups in total. The molecule has 0 amide bonds. The van der Waals surface area contributed by atoms with E-state index in [1.165, 1.54) is 6.07 Å². The fraction of sp³-hybridized carbons (Fsp3) is 0.214.